The van der Waals surface area contributed by atoms with Crippen molar-refractivity contribution in [3.8, 4) is 0 Å². The number of carbonyl (C=O) groups is 1. The summed E-state index contributed by atoms with van der Waals surface area (Å²) in [6, 6.07) is 3.11. The van der Waals surface area contributed by atoms with E-state index in [0.717, 1.165) is 0 Å². The maximum absolute atomic E-state index is 12.4. The molecule has 0 unspecified atom stereocenters. The Labute approximate surface area is 107 Å². The zero-order chi connectivity index (χ0) is 13.4. The summed E-state index contributed by atoms with van der Waals surface area (Å²) in [6.45, 7) is 4.03. The fourth-order valence-electron chi connectivity index (χ4n) is 2.03. The molecule has 0 aliphatic carbocycles. The summed E-state index contributed by atoms with van der Waals surface area (Å²) in [7, 11) is -3.54. The molecule has 0 aromatic carbocycles. The highest BCUT2D eigenvalue weighted by Gasteiger charge is 2.39. The molecule has 1 saturated heterocycles. The van der Waals surface area contributed by atoms with Gasteiger partial charge in [0.1, 0.15) is 10.7 Å². The molecule has 0 amide bonds. The molecule has 98 valence electrons. The minimum absolute atomic E-state index is 0.111. The van der Waals surface area contributed by atoms with E-state index in [9.17, 15) is 13.2 Å². The van der Waals surface area contributed by atoms with E-state index in [1.165, 1.54) is 22.8 Å². The first-order valence-electron chi connectivity index (χ1n) is 5.77. The molecule has 2 heterocycles. The molecule has 1 aliphatic rings. The van der Waals surface area contributed by atoms with Crippen molar-refractivity contribution in [1.82, 2.24) is 9.29 Å². The Morgan fingerprint density at radius 2 is 2.11 bits per heavy atom. The normalized spacial score (nSPS) is 20.9. The Morgan fingerprint density at radius 3 is 2.67 bits per heavy atom. The van der Waals surface area contributed by atoms with Crippen molar-refractivity contribution in [2.75, 3.05) is 13.1 Å². The lowest BCUT2D eigenvalue weighted by Crippen LogP contribution is -2.48. The predicted molar refractivity (Wildman–Crippen MR) is 66.4 cm³/mol. The number of piperidine rings is 1. The lowest BCUT2D eigenvalue weighted by molar-refractivity contribution is -0.129. The van der Waals surface area contributed by atoms with Crippen LogP contribution in [-0.4, -0.2) is 36.6 Å². The number of hydrogen-bond acceptors (Lipinski definition) is 4. The van der Waals surface area contributed by atoms with E-state index in [0.29, 0.717) is 0 Å². The molecule has 0 bridgehead atoms. The third-order valence-electron chi connectivity index (χ3n) is 3.19. The van der Waals surface area contributed by atoms with Gasteiger partial charge < -0.3 is 0 Å². The third-order valence-corrected chi connectivity index (χ3v) is 5.02. The number of Topliss-reactive ketones (excluding diaryl/α,β-unsaturated/α-hetero) is 1. The second kappa shape index (κ2) is 4.44. The van der Waals surface area contributed by atoms with E-state index in [4.69, 9.17) is 0 Å². The summed E-state index contributed by atoms with van der Waals surface area (Å²) in [4.78, 5) is 15.7. The van der Waals surface area contributed by atoms with Crippen LogP contribution in [0.1, 0.15) is 20.3 Å². The third kappa shape index (κ3) is 2.30. The Morgan fingerprint density at radius 1 is 1.39 bits per heavy atom. The molecule has 1 aromatic rings. The Balaban J connectivity index is 2.30. The Kier molecular flexibility index (Phi) is 3.25. The van der Waals surface area contributed by atoms with Crippen LogP contribution in [0, 0.1) is 5.41 Å². The number of hydrogen-bond donors (Lipinski definition) is 0. The van der Waals surface area contributed by atoms with E-state index < -0.39 is 15.4 Å². The molecule has 0 saturated carbocycles. The van der Waals surface area contributed by atoms with Gasteiger partial charge in [0, 0.05) is 37.3 Å². The summed E-state index contributed by atoms with van der Waals surface area (Å²) in [5.74, 6) is 0.111. The summed E-state index contributed by atoms with van der Waals surface area (Å²) >= 11 is 0. The van der Waals surface area contributed by atoms with Gasteiger partial charge in [-0.1, -0.05) is 13.8 Å². The number of nitrogens with zero attached hydrogens (tertiary/aromatic N) is 2. The van der Waals surface area contributed by atoms with Crippen molar-refractivity contribution in [3.05, 3.63) is 24.5 Å². The zero-order valence-electron chi connectivity index (χ0n) is 10.5. The fourth-order valence-corrected chi connectivity index (χ4v) is 3.59. The highest BCUT2D eigenvalue weighted by atomic mass is 32.2. The first-order valence-corrected chi connectivity index (χ1v) is 7.21. The first kappa shape index (κ1) is 13.2. The SMILES string of the molecule is CC1(C)CN(S(=O)(=O)c2cccnc2)CCC1=O. The lowest BCUT2D eigenvalue weighted by Gasteiger charge is -2.35. The minimum Gasteiger partial charge on any atom is -0.299 e. The van der Waals surface area contributed by atoms with E-state index >= 15 is 0 Å². The van der Waals surface area contributed by atoms with Crippen molar-refractivity contribution in [2.24, 2.45) is 5.41 Å². The van der Waals surface area contributed by atoms with Crippen LogP contribution in [0.4, 0.5) is 0 Å². The van der Waals surface area contributed by atoms with Crippen molar-refractivity contribution >= 4 is 15.8 Å². The largest absolute Gasteiger partial charge is 0.299 e. The van der Waals surface area contributed by atoms with Gasteiger partial charge in [-0.3, -0.25) is 9.78 Å². The van der Waals surface area contributed by atoms with Crippen LogP contribution >= 0.6 is 0 Å². The van der Waals surface area contributed by atoms with Gasteiger partial charge in [0.25, 0.3) is 0 Å². The predicted octanol–water partition coefficient (Wildman–Crippen LogP) is 1.07. The average Bonchev–Trinajstić information content (AvgIpc) is 2.33. The molecule has 1 fully saturated rings. The highest BCUT2D eigenvalue weighted by molar-refractivity contribution is 7.89. The van der Waals surface area contributed by atoms with Gasteiger partial charge in [0.15, 0.2) is 0 Å². The van der Waals surface area contributed by atoms with Crippen LogP contribution in [0.3, 0.4) is 0 Å². The maximum atomic E-state index is 12.4. The Hall–Kier alpha value is -1.27. The molecule has 1 aliphatic heterocycles. The van der Waals surface area contributed by atoms with Crippen LogP contribution in [0.2, 0.25) is 0 Å². The van der Waals surface area contributed by atoms with E-state index in [1.807, 2.05) is 0 Å². The van der Waals surface area contributed by atoms with Gasteiger partial charge in [-0.25, -0.2) is 8.42 Å². The summed E-state index contributed by atoms with van der Waals surface area (Å²) in [5, 5.41) is 0. The number of pyridine rings is 1. The molecular weight excluding hydrogens is 252 g/mol. The fraction of sp³-hybridized carbons (Fsp3) is 0.500. The number of aromatic nitrogens is 1. The van der Waals surface area contributed by atoms with Crippen LogP contribution in [0.15, 0.2) is 29.4 Å². The van der Waals surface area contributed by atoms with E-state index in [1.54, 1.807) is 19.9 Å². The van der Waals surface area contributed by atoms with Gasteiger partial charge >= 0.3 is 0 Å². The quantitative estimate of drug-likeness (QED) is 0.804. The molecule has 2 rings (SSSR count). The van der Waals surface area contributed by atoms with Crippen molar-refractivity contribution < 1.29 is 13.2 Å². The maximum Gasteiger partial charge on any atom is 0.244 e. The first-order chi connectivity index (χ1) is 8.34. The summed E-state index contributed by atoms with van der Waals surface area (Å²) in [5.41, 5.74) is -0.618. The number of sulfonamides is 1. The molecule has 1 aromatic heterocycles. The van der Waals surface area contributed by atoms with Crippen molar-refractivity contribution in [3.63, 3.8) is 0 Å². The molecule has 5 nitrogen and oxygen atoms in total. The van der Waals surface area contributed by atoms with Gasteiger partial charge in [-0.05, 0) is 12.1 Å². The molecule has 18 heavy (non-hydrogen) atoms. The highest BCUT2D eigenvalue weighted by Crippen LogP contribution is 2.28. The van der Waals surface area contributed by atoms with Crippen LogP contribution in [-0.2, 0) is 14.8 Å². The molecule has 6 heteroatoms. The molecular formula is C12H16N2O3S. The van der Waals surface area contributed by atoms with Crippen LogP contribution < -0.4 is 0 Å². The smallest absolute Gasteiger partial charge is 0.244 e. The van der Waals surface area contributed by atoms with Crippen molar-refractivity contribution in [1.29, 1.82) is 0 Å². The monoisotopic (exact) mass is 268 g/mol. The topological polar surface area (TPSA) is 67.3 Å². The molecule has 0 spiro atoms. The minimum atomic E-state index is -3.54. The summed E-state index contributed by atoms with van der Waals surface area (Å²) in [6.07, 6.45) is 3.13. The summed E-state index contributed by atoms with van der Waals surface area (Å²) < 4.78 is 26.1. The Bertz CT molecular complexity index is 552. The van der Waals surface area contributed by atoms with Crippen LogP contribution in [0.5, 0.6) is 0 Å². The van der Waals surface area contributed by atoms with Crippen molar-refractivity contribution in [2.45, 2.75) is 25.2 Å². The second-order valence-electron chi connectivity index (χ2n) is 5.08. The van der Waals surface area contributed by atoms with Gasteiger partial charge in [0.05, 0.1) is 0 Å². The lowest BCUT2D eigenvalue weighted by atomic mass is 9.84. The number of carbonyl (C=O) groups excluding carboxylic acids is 1. The zero-order valence-corrected chi connectivity index (χ0v) is 11.3. The second-order valence-corrected chi connectivity index (χ2v) is 7.02. The number of ketones is 1. The standard InChI is InChI=1S/C12H16N2O3S/c1-12(2)9-14(7-5-11(12)15)18(16,17)10-4-3-6-13-8-10/h3-4,6,8H,5,7,9H2,1-2H3. The van der Waals surface area contributed by atoms with Crippen LogP contribution in [0.25, 0.3) is 0 Å². The number of rotatable bonds is 2. The van der Waals surface area contributed by atoms with Gasteiger partial charge in [0.2, 0.25) is 10.0 Å². The van der Waals surface area contributed by atoms with Gasteiger partial charge in [-0.2, -0.15) is 4.31 Å². The van der Waals surface area contributed by atoms with E-state index in [-0.39, 0.29) is 30.2 Å². The molecule has 0 atom stereocenters. The molecule has 0 N–H and O–H groups in total. The van der Waals surface area contributed by atoms with Gasteiger partial charge in [-0.15, -0.1) is 0 Å². The average molecular weight is 268 g/mol. The molecule has 0 radical (unpaired) electrons. The van der Waals surface area contributed by atoms with E-state index in [2.05, 4.69) is 4.98 Å².